The molecule has 0 fully saturated rings. The average molecular weight is 306 g/mol. The second kappa shape index (κ2) is 8.65. The Hall–Kier alpha value is -0.470. The third kappa shape index (κ3) is 6.01. The number of nitrogens with one attached hydrogen (secondary N) is 1. The van der Waals surface area contributed by atoms with Gasteiger partial charge in [-0.1, -0.05) is 6.92 Å². The van der Waals surface area contributed by atoms with E-state index in [1.807, 2.05) is 13.0 Å². The molecule has 0 radical (unpaired) electrons. The van der Waals surface area contributed by atoms with Crippen molar-refractivity contribution >= 4 is 21.4 Å². The molecule has 0 bridgehead atoms. The van der Waals surface area contributed by atoms with Crippen molar-refractivity contribution in [1.29, 1.82) is 0 Å². The lowest BCUT2D eigenvalue weighted by Crippen LogP contribution is -2.24. The van der Waals surface area contributed by atoms with E-state index in [9.17, 15) is 8.42 Å². The van der Waals surface area contributed by atoms with Gasteiger partial charge in [0.1, 0.15) is 4.21 Å². The van der Waals surface area contributed by atoms with E-state index in [4.69, 9.17) is 10.5 Å². The fourth-order valence-corrected chi connectivity index (χ4v) is 3.97. The molecule has 0 spiro atoms. The first-order valence-electron chi connectivity index (χ1n) is 6.46. The SMILES string of the molecule is CCCOCCCNS(=O)(=O)c1ccc(CCN)s1. The van der Waals surface area contributed by atoms with E-state index in [1.165, 1.54) is 11.3 Å². The average Bonchev–Trinajstić information content (AvgIpc) is 2.83. The first kappa shape index (κ1) is 16.6. The summed E-state index contributed by atoms with van der Waals surface area (Å²) in [7, 11) is -3.38. The zero-order valence-corrected chi connectivity index (χ0v) is 12.9. The van der Waals surface area contributed by atoms with Crippen molar-refractivity contribution in [2.24, 2.45) is 5.73 Å². The summed E-state index contributed by atoms with van der Waals surface area (Å²) in [6.45, 7) is 4.27. The van der Waals surface area contributed by atoms with E-state index in [1.54, 1.807) is 6.07 Å². The van der Waals surface area contributed by atoms with Crippen LogP contribution in [0, 0.1) is 0 Å². The van der Waals surface area contributed by atoms with Gasteiger partial charge in [-0.05, 0) is 37.9 Å². The zero-order chi connectivity index (χ0) is 14.1. The number of thiophene rings is 1. The van der Waals surface area contributed by atoms with Gasteiger partial charge in [-0.25, -0.2) is 13.1 Å². The molecule has 3 N–H and O–H groups in total. The fourth-order valence-electron chi connectivity index (χ4n) is 1.48. The third-order valence-corrected chi connectivity index (χ3v) is 5.50. The van der Waals surface area contributed by atoms with Crippen molar-refractivity contribution in [1.82, 2.24) is 4.72 Å². The van der Waals surface area contributed by atoms with E-state index in [0.29, 0.717) is 36.7 Å². The molecule has 0 aromatic carbocycles. The Morgan fingerprint density at radius 1 is 1.37 bits per heavy atom. The molecule has 7 heteroatoms. The van der Waals surface area contributed by atoms with E-state index < -0.39 is 10.0 Å². The minimum Gasteiger partial charge on any atom is -0.381 e. The lowest BCUT2D eigenvalue weighted by Gasteiger charge is -2.05. The fraction of sp³-hybridized carbons (Fsp3) is 0.667. The Morgan fingerprint density at radius 3 is 2.84 bits per heavy atom. The minimum absolute atomic E-state index is 0.352. The highest BCUT2D eigenvalue weighted by molar-refractivity contribution is 7.91. The molecule has 0 atom stereocenters. The van der Waals surface area contributed by atoms with Crippen LogP contribution in [0.4, 0.5) is 0 Å². The molecule has 5 nitrogen and oxygen atoms in total. The van der Waals surface area contributed by atoms with Crippen LogP contribution in [0.3, 0.4) is 0 Å². The molecule has 0 aliphatic carbocycles. The van der Waals surface area contributed by atoms with Crippen LogP contribution in [0.15, 0.2) is 16.3 Å². The van der Waals surface area contributed by atoms with E-state index in [2.05, 4.69) is 4.72 Å². The number of nitrogens with two attached hydrogens (primary N) is 1. The Morgan fingerprint density at radius 2 is 2.16 bits per heavy atom. The van der Waals surface area contributed by atoms with Crippen LogP contribution < -0.4 is 10.5 Å². The summed E-state index contributed by atoms with van der Waals surface area (Å²) in [5.41, 5.74) is 5.44. The van der Waals surface area contributed by atoms with Crippen LogP contribution in [-0.4, -0.2) is 34.7 Å². The molecule has 0 aliphatic rings. The second-order valence-corrected chi connectivity index (χ2v) is 7.29. The van der Waals surface area contributed by atoms with Crippen molar-refractivity contribution in [3.63, 3.8) is 0 Å². The number of sulfonamides is 1. The highest BCUT2D eigenvalue weighted by Crippen LogP contribution is 2.21. The molecule has 0 saturated carbocycles. The Labute approximate surface area is 119 Å². The lowest BCUT2D eigenvalue weighted by molar-refractivity contribution is 0.133. The highest BCUT2D eigenvalue weighted by atomic mass is 32.2. The van der Waals surface area contributed by atoms with Gasteiger partial charge in [0, 0.05) is 24.6 Å². The van der Waals surface area contributed by atoms with Crippen molar-refractivity contribution < 1.29 is 13.2 Å². The summed E-state index contributed by atoms with van der Waals surface area (Å²) < 4.78 is 32.2. The molecule has 0 unspecified atom stereocenters. The van der Waals surface area contributed by atoms with Gasteiger partial charge in [0.2, 0.25) is 10.0 Å². The van der Waals surface area contributed by atoms with Gasteiger partial charge < -0.3 is 10.5 Å². The van der Waals surface area contributed by atoms with Gasteiger partial charge in [-0.2, -0.15) is 0 Å². The van der Waals surface area contributed by atoms with Crippen molar-refractivity contribution in [2.75, 3.05) is 26.3 Å². The summed E-state index contributed by atoms with van der Waals surface area (Å²) in [4.78, 5) is 0.995. The van der Waals surface area contributed by atoms with Crippen LogP contribution >= 0.6 is 11.3 Å². The normalized spacial score (nSPS) is 11.9. The monoisotopic (exact) mass is 306 g/mol. The quantitative estimate of drug-likeness (QED) is 0.639. The largest absolute Gasteiger partial charge is 0.381 e. The molecular formula is C12H22N2O3S2. The molecule has 0 amide bonds. The summed E-state index contributed by atoms with van der Waals surface area (Å²) >= 11 is 1.27. The van der Waals surface area contributed by atoms with Crippen LogP contribution in [0.2, 0.25) is 0 Å². The van der Waals surface area contributed by atoms with Crippen LogP contribution in [-0.2, 0) is 21.2 Å². The van der Waals surface area contributed by atoms with Gasteiger partial charge >= 0.3 is 0 Å². The molecule has 0 saturated heterocycles. The van der Waals surface area contributed by atoms with Crippen LogP contribution in [0.1, 0.15) is 24.6 Å². The maximum atomic E-state index is 12.0. The maximum Gasteiger partial charge on any atom is 0.250 e. The molecule has 1 heterocycles. The molecule has 1 rings (SSSR count). The molecule has 1 aromatic heterocycles. The first-order chi connectivity index (χ1) is 9.10. The zero-order valence-electron chi connectivity index (χ0n) is 11.2. The van der Waals surface area contributed by atoms with Gasteiger partial charge in [-0.3, -0.25) is 0 Å². The Kier molecular flexibility index (Phi) is 7.55. The van der Waals surface area contributed by atoms with Gasteiger partial charge in [-0.15, -0.1) is 11.3 Å². The van der Waals surface area contributed by atoms with Crippen LogP contribution in [0.25, 0.3) is 0 Å². The van der Waals surface area contributed by atoms with Crippen molar-refractivity contribution in [3.8, 4) is 0 Å². The molecule has 0 aliphatic heterocycles. The minimum atomic E-state index is -3.38. The predicted molar refractivity (Wildman–Crippen MR) is 78.0 cm³/mol. The van der Waals surface area contributed by atoms with E-state index >= 15 is 0 Å². The molecular weight excluding hydrogens is 284 g/mol. The van der Waals surface area contributed by atoms with E-state index in [0.717, 1.165) is 17.9 Å². The first-order valence-corrected chi connectivity index (χ1v) is 8.76. The maximum absolute atomic E-state index is 12.0. The summed E-state index contributed by atoms with van der Waals surface area (Å²) in [5, 5.41) is 0. The molecule has 1 aromatic rings. The highest BCUT2D eigenvalue weighted by Gasteiger charge is 2.15. The standard InChI is InChI=1S/C12H22N2O3S2/c1-2-9-17-10-3-8-14-19(15,16)12-5-4-11(18-12)6-7-13/h4-5,14H,2-3,6-10,13H2,1H3. The number of ether oxygens (including phenoxy) is 1. The van der Waals surface area contributed by atoms with Gasteiger partial charge in [0.25, 0.3) is 0 Å². The molecule has 19 heavy (non-hydrogen) atoms. The predicted octanol–water partition coefficient (Wildman–Crippen LogP) is 1.34. The summed E-state index contributed by atoms with van der Waals surface area (Å²) in [5.74, 6) is 0. The van der Waals surface area contributed by atoms with E-state index in [-0.39, 0.29) is 0 Å². The number of hydrogen-bond acceptors (Lipinski definition) is 5. The smallest absolute Gasteiger partial charge is 0.250 e. The molecule has 110 valence electrons. The third-order valence-electron chi connectivity index (χ3n) is 2.40. The van der Waals surface area contributed by atoms with Crippen molar-refractivity contribution in [3.05, 3.63) is 17.0 Å². The van der Waals surface area contributed by atoms with Gasteiger partial charge in [0.15, 0.2) is 0 Å². The summed E-state index contributed by atoms with van der Waals surface area (Å²) in [6, 6.07) is 3.45. The topological polar surface area (TPSA) is 81.4 Å². The number of rotatable bonds is 10. The lowest BCUT2D eigenvalue weighted by atomic mass is 10.3. The second-order valence-electron chi connectivity index (χ2n) is 4.12. The number of hydrogen-bond donors (Lipinski definition) is 2. The van der Waals surface area contributed by atoms with Gasteiger partial charge in [0.05, 0.1) is 0 Å². The summed E-state index contributed by atoms with van der Waals surface area (Å²) in [6.07, 6.45) is 2.37. The Bertz CT molecular complexity index is 457. The Balaban J connectivity index is 2.38. The van der Waals surface area contributed by atoms with Crippen LogP contribution in [0.5, 0.6) is 0 Å². The van der Waals surface area contributed by atoms with Crippen molar-refractivity contribution in [2.45, 2.75) is 30.4 Å².